The number of hydrogen-bond acceptors (Lipinski definition) is 4. The van der Waals surface area contributed by atoms with Crippen molar-refractivity contribution >= 4 is 11.6 Å². The second-order valence-electron chi connectivity index (χ2n) is 5.56. The van der Waals surface area contributed by atoms with Crippen molar-refractivity contribution in [3.8, 4) is 12.3 Å². The molecule has 0 bridgehead atoms. The number of carbonyl (C=O) groups excluding carboxylic acids is 1. The molecule has 0 radical (unpaired) electrons. The van der Waals surface area contributed by atoms with Crippen molar-refractivity contribution in [1.29, 1.82) is 0 Å². The summed E-state index contributed by atoms with van der Waals surface area (Å²) in [6.45, 7) is 3.48. The Balaban J connectivity index is 1.85. The van der Waals surface area contributed by atoms with Crippen LogP contribution in [0, 0.1) is 12.3 Å². The summed E-state index contributed by atoms with van der Waals surface area (Å²) in [5, 5.41) is 0. The van der Waals surface area contributed by atoms with Crippen molar-refractivity contribution in [3.63, 3.8) is 0 Å². The van der Waals surface area contributed by atoms with Crippen molar-refractivity contribution in [2.75, 3.05) is 37.7 Å². The van der Waals surface area contributed by atoms with Crippen molar-refractivity contribution in [1.82, 2.24) is 4.90 Å². The number of benzene rings is 1. The number of terminal acetylenes is 1. The Morgan fingerprint density at radius 2 is 2.00 bits per heavy atom. The van der Waals surface area contributed by atoms with Gasteiger partial charge in [0, 0.05) is 18.8 Å². The van der Waals surface area contributed by atoms with Gasteiger partial charge in [-0.25, -0.2) is 0 Å². The number of anilines is 1. The summed E-state index contributed by atoms with van der Waals surface area (Å²) in [5.74, 6) is 3.18. The van der Waals surface area contributed by atoms with Gasteiger partial charge >= 0.3 is 0 Å². The summed E-state index contributed by atoms with van der Waals surface area (Å²) in [4.78, 5) is 16.9. The first kappa shape index (κ1) is 16.2. The van der Waals surface area contributed by atoms with Gasteiger partial charge in [-0.05, 0) is 24.3 Å². The van der Waals surface area contributed by atoms with Gasteiger partial charge < -0.3 is 19.0 Å². The molecule has 1 aromatic carbocycles. The molecule has 2 aromatic rings. The highest BCUT2D eigenvalue weighted by Gasteiger charge is 2.22. The highest BCUT2D eigenvalue weighted by atomic mass is 16.5. The van der Waals surface area contributed by atoms with E-state index in [0.717, 1.165) is 18.8 Å². The number of amides is 1. The Morgan fingerprint density at radius 1 is 1.21 bits per heavy atom. The molecule has 1 aliphatic heterocycles. The van der Waals surface area contributed by atoms with Crippen molar-refractivity contribution in [3.05, 3.63) is 54.0 Å². The maximum Gasteiger partial charge on any atom is 0.257 e. The van der Waals surface area contributed by atoms with E-state index in [0.29, 0.717) is 31.1 Å². The molecule has 0 atom stereocenters. The van der Waals surface area contributed by atoms with Gasteiger partial charge in [-0.2, -0.15) is 0 Å². The number of para-hydroxylation sites is 1. The molecular weight excluding hydrogens is 304 g/mol. The first-order valence-electron chi connectivity index (χ1n) is 7.96. The lowest BCUT2D eigenvalue weighted by atomic mass is 10.1. The number of morpholine rings is 1. The molecule has 1 amide bonds. The molecule has 0 saturated carbocycles. The maximum absolute atomic E-state index is 13.1. The quantitative estimate of drug-likeness (QED) is 0.792. The average molecular weight is 324 g/mol. The number of nitrogens with zero attached hydrogens (tertiary/aromatic N) is 2. The van der Waals surface area contributed by atoms with Crippen molar-refractivity contribution in [2.45, 2.75) is 6.54 Å². The van der Waals surface area contributed by atoms with Gasteiger partial charge in [0.2, 0.25) is 0 Å². The number of carbonyl (C=O) groups is 1. The smallest absolute Gasteiger partial charge is 0.257 e. The zero-order valence-corrected chi connectivity index (χ0v) is 13.5. The van der Waals surface area contributed by atoms with Crippen LogP contribution < -0.4 is 4.90 Å². The Morgan fingerprint density at radius 3 is 2.71 bits per heavy atom. The fourth-order valence-electron chi connectivity index (χ4n) is 2.81. The van der Waals surface area contributed by atoms with Crippen LogP contribution in [0.25, 0.3) is 0 Å². The molecule has 1 saturated heterocycles. The molecular formula is C19H20N2O3. The van der Waals surface area contributed by atoms with Crippen LogP contribution in [0.3, 0.4) is 0 Å². The van der Waals surface area contributed by atoms with E-state index < -0.39 is 0 Å². The van der Waals surface area contributed by atoms with Crippen molar-refractivity contribution < 1.29 is 13.9 Å². The molecule has 1 aliphatic rings. The summed E-state index contributed by atoms with van der Waals surface area (Å²) in [7, 11) is 0. The van der Waals surface area contributed by atoms with E-state index in [4.69, 9.17) is 15.6 Å². The van der Waals surface area contributed by atoms with Crippen molar-refractivity contribution in [2.24, 2.45) is 0 Å². The minimum Gasteiger partial charge on any atom is -0.467 e. The third-order valence-corrected chi connectivity index (χ3v) is 3.98. The molecule has 0 unspecified atom stereocenters. The van der Waals surface area contributed by atoms with Crippen LogP contribution in [0.4, 0.5) is 5.69 Å². The second-order valence-corrected chi connectivity index (χ2v) is 5.56. The molecule has 124 valence electrons. The van der Waals surface area contributed by atoms with E-state index in [2.05, 4.69) is 10.8 Å². The molecule has 0 aliphatic carbocycles. The summed E-state index contributed by atoms with van der Waals surface area (Å²) >= 11 is 0. The third kappa shape index (κ3) is 3.61. The summed E-state index contributed by atoms with van der Waals surface area (Å²) in [6.07, 6.45) is 7.05. The van der Waals surface area contributed by atoms with E-state index in [1.807, 2.05) is 30.3 Å². The Hall–Kier alpha value is -2.71. The normalized spacial score (nSPS) is 14.2. The van der Waals surface area contributed by atoms with Crippen LogP contribution >= 0.6 is 0 Å². The van der Waals surface area contributed by atoms with E-state index in [9.17, 15) is 4.79 Å². The minimum absolute atomic E-state index is 0.0913. The standard InChI is InChI=1S/C19H20N2O3/c1-2-9-21(15-16-6-5-12-24-16)19(22)17-7-3-4-8-18(17)20-10-13-23-14-11-20/h1,3-8,12H,9-11,13-15H2. The average Bonchev–Trinajstić information content (AvgIpc) is 3.15. The number of ether oxygens (including phenoxy) is 1. The lowest BCUT2D eigenvalue weighted by Gasteiger charge is -2.31. The minimum atomic E-state index is -0.0913. The fourth-order valence-corrected chi connectivity index (χ4v) is 2.81. The SMILES string of the molecule is C#CCN(Cc1ccco1)C(=O)c1ccccc1N1CCOCC1. The van der Waals surface area contributed by atoms with Crippen LogP contribution in [-0.4, -0.2) is 43.7 Å². The molecule has 5 nitrogen and oxygen atoms in total. The zero-order chi connectivity index (χ0) is 16.8. The van der Waals surface area contributed by atoms with Crippen LogP contribution in [-0.2, 0) is 11.3 Å². The van der Waals surface area contributed by atoms with Gasteiger partial charge in [0.25, 0.3) is 5.91 Å². The van der Waals surface area contributed by atoms with Gasteiger partial charge in [-0.1, -0.05) is 18.1 Å². The largest absolute Gasteiger partial charge is 0.467 e. The second kappa shape index (κ2) is 7.71. The lowest BCUT2D eigenvalue weighted by molar-refractivity contribution is 0.0754. The van der Waals surface area contributed by atoms with E-state index in [1.54, 1.807) is 17.2 Å². The molecule has 1 fully saturated rings. The molecule has 2 heterocycles. The first-order chi connectivity index (χ1) is 11.8. The fraction of sp³-hybridized carbons (Fsp3) is 0.316. The molecule has 1 aromatic heterocycles. The first-order valence-corrected chi connectivity index (χ1v) is 7.96. The maximum atomic E-state index is 13.1. The topological polar surface area (TPSA) is 45.9 Å². The van der Waals surface area contributed by atoms with Gasteiger partial charge in [-0.15, -0.1) is 6.42 Å². The predicted octanol–water partition coefficient (Wildman–Crippen LogP) is 2.39. The molecule has 0 N–H and O–H groups in total. The molecule has 3 rings (SSSR count). The van der Waals surface area contributed by atoms with Crippen LogP contribution in [0.5, 0.6) is 0 Å². The predicted molar refractivity (Wildman–Crippen MR) is 91.8 cm³/mol. The van der Waals surface area contributed by atoms with E-state index in [1.165, 1.54) is 0 Å². The van der Waals surface area contributed by atoms with Crippen LogP contribution in [0.2, 0.25) is 0 Å². The van der Waals surface area contributed by atoms with Gasteiger partial charge in [-0.3, -0.25) is 4.79 Å². The Kier molecular flexibility index (Phi) is 5.19. The third-order valence-electron chi connectivity index (χ3n) is 3.98. The number of rotatable bonds is 5. The Bertz CT molecular complexity index is 712. The summed E-state index contributed by atoms with van der Waals surface area (Å²) < 4.78 is 10.8. The highest BCUT2D eigenvalue weighted by Crippen LogP contribution is 2.23. The number of furan rings is 1. The molecule has 5 heteroatoms. The van der Waals surface area contributed by atoms with Gasteiger partial charge in [0.15, 0.2) is 0 Å². The van der Waals surface area contributed by atoms with Gasteiger partial charge in [0.05, 0.1) is 38.1 Å². The van der Waals surface area contributed by atoms with E-state index >= 15 is 0 Å². The lowest BCUT2D eigenvalue weighted by Crippen LogP contribution is -2.38. The van der Waals surface area contributed by atoms with Crippen LogP contribution in [0.15, 0.2) is 47.1 Å². The van der Waals surface area contributed by atoms with Crippen LogP contribution in [0.1, 0.15) is 16.1 Å². The molecule has 0 spiro atoms. The monoisotopic (exact) mass is 324 g/mol. The number of hydrogen-bond donors (Lipinski definition) is 0. The summed E-state index contributed by atoms with van der Waals surface area (Å²) in [6, 6.07) is 11.3. The zero-order valence-electron chi connectivity index (χ0n) is 13.5. The Labute approximate surface area is 141 Å². The van der Waals surface area contributed by atoms with E-state index in [-0.39, 0.29) is 12.5 Å². The van der Waals surface area contributed by atoms with Gasteiger partial charge in [0.1, 0.15) is 5.76 Å². The molecule has 24 heavy (non-hydrogen) atoms. The summed E-state index contributed by atoms with van der Waals surface area (Å²) in [5.41, 5.74) is 1.58. The highest BCUT2D eigenvalue weighted by molar-refractivity contribution is 6.00.